The van der Waals surface area contributed by atoms with Crippen LogP contribution in [0, 0.1) is 5.82 Å². The molecule has 1 aromatic carbocycles. The van der Waals surface area contributed by atoms with Gasteiger partial charge in [-0.25, -0.2) is 4.39 Å². The van der Waals surface area contributed by atoms with E-state index >= 15 is 0 Å². The number of halogens is 1. The van der Waals surface area contributed by atoms with Crippen LogP contribution in [0.5, 0.6) is 0 Å². The van der Waals surface area contributed by atoms with Gasteiger partial charge in [-0.3, -0.25) is 0 Å². The second kappa shape index (κ2) is 4.54. The van der Waals surface area contributed by atoms with Crippen molar-refractivity contribution in [3.8, 4) is 0 Å². The van der Waals surface area contributed by atoms with Gasteiger partial charge in [-0.2, -0.15) is 11.8 Å². The summed E-state index contributed by atoms with van der Waals surface area (Å²) in [6, 6.07) is 6.85. The van der Waals surface area contributed by atoms with Crippen molar-refractivity contribution in [1.29, 1.82) is 0 Å². The first-order valence-electron chi connectivity index (χ1n) is 5.31. The predicted octanol–water partition coefficient (Wildman–Crippen LogP) is 2.55. The van der Waals surface area contributed by atoms with Crippen molar-refractivity contribution in [3.05, 3.63) is 35.6 Å². The number of nitrogens with two attached hydrogens (primary N) is 1. The first-order valence-corrected chi connectivity index (χ1v) is 6.46. The molecule has 3 heteroatoms. The van der Waals surface area contributed by atoms with Crippen LogP contribution in [0.15, 0.2) is 24.3 Å². The summed E-state index contributed by atoms with van der Waals surface area (Å²) in [5, 5.41) is 0. The molecular formula is C12H16FNS. The third-order valence-electron chi connectivity index (χ3n) is 3.30. The van der Waals surface area contributed by atoms with Gasteiger partial charge < -0.3 is 5.73 Å². The highest BCUT2D eigenvalue weighted by Crippen LogP contribution is 2.37. The van der Waals surface area contributed by atoms with Crippen LogP contribution in [-0.2, 0) is 5.41 Å². The molecular weight excluding hydrogens is 209 g/mol. The fourth-order valence-corrected chi connectivity index (χ4v) is 3.45. The number of rotatable bonds is 2. The quantitative estimate of drug-likeness (QED) is 0.837. The molecule has 0 spiro atoms. The van der Waals surface area contributed by atoms with Crippen molar-refractivity contribution in [2.45, 2.75) is 18.3 Å². The van der Waals surface area contributed by atoms with E-state index in [1.807, 2.05) is 23.9 Å². The molecule has 0 bridgehead atoms. The van der Waals surface area contributed by atoms with Gasteiger partial charge in [0.15, 0.2) is 0 Å². The van der Waals surface area contributed by atoms with Gasteiger partial charge in [0, 0.05) is 12.0 Å². The summed E-state index contributed by atoms with van der Waals surface area (Å²) in [5.74, 6) is 2.15. The molecule has 1 aliphatic rings. The van der Waals surface area contributed by atoms with Gasteiger partial charge >= 0.3 is 0 Å². The van der Waals surface area contributed by atoms with E-state index in [0.29, 0.717) is 6.54 Å². The van der Waals surface area contributed by atoms with Crippen molar-refractivity contribution in [2.75, 3.05) is 18.1 Å². The van der Waals surface area contributed by atoms with Crippen LogP contribution in [0.4, 0.5) is 4.39 Å². The maximum atomic E-state index is 12.8. The molecule has 0 atom stereocenters. The smallest absolute Gasteiger partial charge is 0.123 e. The van der Waals surface area contributed by atoms with Crippen molar-refractivity contribution >= 4 is 11.8 Å². The molecule has 1 saturated heterocycles. The molecule has 2 N–H and O–H groups in total. The Kier molecular flexibility index (Phi) is 3.32. The average Bonchev–Trinajstić information content (AvgIpc) is 2.31. The summed E-state index contributed by atoms with van der Waals surface area (Å²) in [6.45, 7) is 0.666. The van der Waals surface area contributed by atoms with E-state index in [4.69, 9.17) is 5.73 Å². The van der Waals surface area contributed by atoms with Crippen LogP contribution < -0.4 is 5.73 Å². The first kappa shape index (κ1) is 11.0. The van der Waals surface area contributed by atoms with E-state index in [-0.39, 0.29) is 11.2 Å². The molecule has 1 heterocycles. The molecule has 15 heavy (non-hydrogen) atoms. The Balaban J connectivity index is 2.28. The van der Waals surface area contributed by atoms with Gasteiger partial charge in [0.2, 0.25) is 0 Å². The Labute approximate surface area is 94.2 Å². The van der Waals surface area contributed by atoms with E-state index in [9.17, 15) is 4.39 Å². The highest BCUT2D eigenvalue weighted by Gasteiger charge is 2.32. The fraction of sp³-hybridized carbons (Fsp3) is 0.500. The lowest BCUT2D eigenvalue weighted by molar-refractivity contribution is 0.404. The standard InChI is InChI=1S/C12H16FNS/c13-11-3-1-10(2-4-11)12(9-14)5-7-15-8-6-12/h1-4H,5-9,14H2. The van der Waals surface area contributed by atoms with E-state index in [0.717, 1.165) is 24.3 Å². The molecule has 2 rings (SSSR count). The molecule has 0 saturated carbocycles. The summed E-state index contributed by atoms with van der Waals surface area (Å²) >= 11 is 1.98. The zero-order valence-electron chi connectivity index (χ0n) is 8.71. The number of hydrogen-bond donors (Lipinski definition) is 1. The minimum absolute atomic E-state index is 0.0962. The third kappa shape index (κ3) is 2.18. The molecule has 1 fully saturated rings. The average molecular weight is 225 g/mol. The van der Waals surface area contributed by atoms with Crippen molar-refractivity contribution in [3.63, 3.8) is 0 Å². The molecule has 0 aliphatic carbocycles. The Morgan fingerprint density at radius 3 is 2.33 bits per heavy atom. The van der Waals surface area contributed by atoms with Gasteiger partial charge in [0.05, 0.1) is 0 Å². The van der Waals surface area contributed by atoms with Crippen LogP contribution in [0.2, 0.25) is 0 Å². The van der Waals surface area contributed by atoms with E-state index < -0.39 is 0 Å². The Bertz CT molecular complexity index is 317. The summed E-state index contributed by atoms with van der Waals surface area (Å²) in [4.78, 5) is 0. The predicted molar refractivity (Wildman–Crippen MR) is 63.7 cm³/mol. The number of thioether (sulfide) groups is 1. The lowest BCUT2D eigenvalue weighted by Gasteiger charge is -2.36. The van der Waals surface area contributed by atoms with E-state index in [1.54, 1.807) is 0 Å². The summed E-state index contributed by atoms with van der Waals surface area (Å²) in [5.41, 5.74) is 7.20. The summed E-state index contributed by atoms with van der Waals surface area (Å²) < 4.78 is 12.8. The van der Waals surface area contributed by atoms with Gasteiger partial charge in [0.25, 0.3) is 0 Å². The van der Waals surface area contributed by atoms with Crippen LogP contribution in [-0.4, -0.2) is 18.1 Å². The van der Waals surface area contributed by atoms with Crippen LogP contribution in [0.1, 0.15) is 18.4 Å². The molecule has 0 amide bonds. The second-order valence-electron chi connectivity index (χ2n) is 4.10. The molecule has 0 unspecified atom stereocenters. The molecule has 0 aromatic heterocycles. The minimum Gasteiger partial charge on any atom is -0.330 e. The van der Waals surface area contributed by atoms with Crippen LogP contribution in [0.3, 0.4) is 0 Å². The summed E-state index contributed by atoms with van der Waals surface area (Å²) in [6.07, 6.45) is 2.22. The number of hydrogen-bond acceptors (Lipinski definition) is 2. The first-order chi connectivity index (χ1) is 7.27. The zero-order valence-corrected chi connectivity index (χ0v) is 9.52. The van der Waals surface area contributed by atoms with Crippen LogP contribution in [0.25, 0.3) is 0 Å². The van der Waals surface area contributed by atoms with E-state index in [1.165, 1.54) is 17.7 Å². The lowest BCUT2D eigenvalue weighted by Crippen LogP contribution is -2.38. The SMILES string of the molecule is NCC1(c2ccc(F)cc2)CCSCC1. The normalized spacial score (nSPS) is 20.1. The summed E-state index contributed by atoms with van der Waals surface area (Å²) in [7, 11) is 0. The van der Waals surface area contributed by atoms with Crippen molar-refractivity contribution in [1.82, 2.24) is 0 Å². The van der Waals surface area contributed by atoms with Gasteiger partial charge in [-0.05, 0) is 42.0 Å². The maximum absolute atomic E-state index is 12.8. The molecule has 0 radical (unpaired) electrons. The molecule has 82 valence electrons. The molecule has 1 aromatic rings. The van der Waals surface area contributed by atoms with Gasteiger partial charge in [-0.15, -0.1) is 0 Å². The zero-order chi connectivity index (χ0) is 10.7. The third-order valence-corrected chi connectivity index (χ3v) is 4.28. The largest absolute Gasteiger partial charge is 0.330 e. The van der Waals surface area contributed by atoms with Gasteiger partial charge in [-0.1, -0.05) is 12.1 Å². The molecule has 1 aliphatic heterocycles. The van der Waals surface area contributed by atoms with Gasteiger partial charge in [0.1, 0.15) is 5.82 Å². The topological polar surface area (TPSA) is 26.0 Å². The van der Waals surface area contributed by atoms with Crippen molar-refractivity contribution < 1.29 is 4.39 Å². The lowest BCUT2D eigenvalue weighted by atomic mass is 9.75. The highest BCUT2D eigenvalue weighted by molar-refractivity contribution is 7.99. The Morgan fingerprint density at radius 2 is 1.80 bits per heavy atom. The van der Waals surface area contributed by atoms with E-state index in [2.05, 4.69) is 0 Å². The molecule has 1 nitrogen and oxygen atoms in total. The number of benzene rings is 1. The Hall–Kier alpha value is -0.540. The second-order valence-corrected chi connectivity index (χ2v) is 5.33. The maximum Gasteiger partial charge on any atom is 0.123 e. The Morgan fingerprint density at radius 1 is 1.20 bits per heavy atom. The highest BCUT2D eigenvalue weighted by atomic mass is 32.2. The van der Waals surface area contributed by atoms with Crippen molar-refractivity contribution in [2.24, 2.45) is 5.73 Å². The van der Waals surface area contributed by atoms with Crippen LogP contribution >= 0.6 is 11.8 Å². The monoisotopic (exact) mass is 225 g/mol. The fourth-order valence-electron chi connectivity index (χ4n) is 2.18. The minimum atomic E-state index is -0.170.